The first-order chi connectivity index (χ1) is 11.9. The normalized spacial score (nSPS) is 14.0. The molecule has 0 aromatic heterocycles. The lowest BCUT2D eigenvalue weighted by Gasteiger charge is -2.48. The van der Waals surface area contributed by atoms with Crippen molar-refractivity contribution < 1.29 is 10.2 Å². The third kappa shape index (κ3) is 9.43. The quantitative estimate of drug-likeness (QED) is 0.296. The highest BCUT2D eigenvalue weighted by molar-refractivity contribution is 4.95. The van der Waals surface area contributed by atoms with Gasteiger partial charge >= 0.3 is 0 Å². The summed E-state index contributed by atoms with van der Waals surface area (Å²) in [5.74, 6) is 0. The maximum Gasteiger partial charge on any atom is 0.0831 e. The van der Waals surface area contributed by atoms with Crippen molar-refractivity contribution in [3.63, 3.8) is 0 Å². The fraction of sp³-hybridized carbons (Fsp3) is 1.00. The van der Waals surface area contributed by atoms with E-state index in [2.05, 4.69) is 34.6 Å². The second-order valence-electron chi connectivity index (χ2n) is 9.14. The topological polar surface area (TPSA) is 40.5 Å². The van der Waals surface area contributed by atoms with Gasteiger partial charge in [0.1, 0.15) is 0 Å². The number of aliphatic hydroxyl groups is 2. The second kappa shape index (κ2) is 14.0. The molecule has 2 heteroatoms. The molecule has 0 heterocycles. The largest absolute Gasteiger partial charge is 0.394 e. The summed E-state index contributed by atoms with van der Waals surface area (Å²) < 4.78 is 0. The molecule has 1 atom stereocenters. The van der Waals surface area contributed by atoms with Gasteiger partial charge < -0.3 is 10.2 Å². The Labute approximate surface area is 158 Å². The maximum atomic E-state index is 10.7. The molecule has 25 heavy (non-hydrogen) atoms. The van der Waals surface area contributed by atoms with Crippen molar-refractivity contribution in [2.24, 2.45) is 10.8 Å². The predicted molar refractivity (Wildman–Crippen MR) is 111 cm³/mol. The Morgan fingerprint density at radius 2 is 1.00 bits per heavy atom. The lowest BCUT2D eigenvalue weighted by molar-refractivity contribution is -0.0927. The van der Waals surface area contributed by atoms with Crippen LogP contribution >= 0.6 is 0 Å². The predicted octanol–water partition coefficient (Wildman–Crippen LogP) is 6.87. The van der Waals surface area contributed by atoms with Gasteiger partial charge in [-0.25, -0.2) is 0 Å². The summed E-state index contributed by atoms with van der Waals surface area (Å²) in [5.41, 5.74) is -0.140. The van der Waals surface area contributed by atoms with Crippen LogP contribution < -0.4 is 0 Å². The molecule has 0 saturated carbocycles. The zero-order valence-electron chi connectivity index (χ0n) is 18.1. The van der Waals surface area contributed by atoms with Crippen LogP contribution in [0.5, 0.6) is 0 Å². The third-order valence-corrected chi connectivity index (χ3v) is 6.26. The van der Waals surface area contributed by atoms with Crippen molar-refractivity contribution in [1.29, 1.82) is 0 Å². The van der Waals surface area contributed by atoms with E-state index in [1.54, 1.807) is 0 Å². The molecule has 0 radical (unpaired) electrons. The Hall–Kier alpha value is -0.0800. The second-order valence-corrected chi connectivity index (χ2v) is 9.14. The number of unbranched alkanes of at least 4 members (excludes halogenated alkanes) is 10. The lowest BCUT2D eigenvalue weighted by atomic mass is 9.58. The molecular formula is C23H48O2. The first-order valence-corrected chi connectivity index (χ1v) is 11.1. The van der Waals surface area contributed by atoms with Crippen molar-refractivity contribution >= 4 is 0 Å². The van der Waals surface area contributed by atoms with Gasteiger partial charge in [-0.05, 0) is 18.3 Å². The van der Waals surface area contributed by atoms with E-state index in [9.17, 15) is 10.2 Å². The van der Waals surface area contributed by atoms with Gasteiger partial charge in [0.15, 0.2) is 0 Å². The van der Waals surface area contributed by atoms with Crippen molar-refractivity contribution in [2.75, 3.05) is 6.61 Å². The van der Waals surface area contributed by atoms with Crippen molar-refractivity contribution in [1.82, 2.24) is 0 Å². The smallest absolute Gasteiger partial charge is 0.0831 e. The molecule has 0 spiro atoms. The fourth-order valence-electron chi connectivity index (χ4n) is 4.32. The lowest BCUT2D eigenvalue weighted by Crippen LogP contribution is -2.47. The molecule has 0 bridgehead atoms. The molecule has 0 amide bonds. The van der Waals surface area contributed by atoms with Gasteiger partial charge in [-0.1, -0.05) is 112 Å². The van der Waals surface area contributed by atoms with Crippen LogP contribution in [-0.4, -0.2) is 22.9 Å². The van der Waals surface area contributed by atoms with Crippen LogP contribution in [0.1, 0.15) is 125 Å². The third-order valence-electron chi connectivity index (χ3n) is 6.26. The minimum atomic E-state index is -0.598. The molecule has 2 nitrogen and oxygen atoms in total. The molecule has 0 aliphatic carbocycles. The monoisotopic (exact) mass is 356 g/mol. The van der Waals surface area contributed by atoms with Crippen LogP contribution in [0.4, 0.5) is 0 Å². The van der Waals surface area contributed by atoms with E-state index in [1.807, 2.05) is 0 Å². The van der Waals surface area contributed by atoms with Gasteiger partial charge in [0, 0.05) is 5.41 Å². The summed E-state index contributed by atoms with van der Waals surface area (Å²) in [5, 5.41) is 20.5. The molecule has 0 fully saturated rings. The Morgan fingerprint density at radius 3 is 1.32 bits per heavy atom. The first kappa shape index (κ1) is 24.9. The Kier molecular flexibility index (Phi) is 14.0. The van der Waals surface area contributed by atoms with Crippen molar-refractivity contribution in [3.8, 4) is 0 Å². The van der Waals surface area contributed by atoms with Crippen LogP contribution in [0.3, 0.4) is 0 Å². The Bertz CT molecular complexity index is 277. The highest BCUT2D eigenvalue weighted by Crippen LogP contribution is 2.49. The average Bonchev–Trinajstić information content (AvgIpc) is 2.57. The fourth-order valence-corrected chi connectivity index (χ4v) is 4.32. The molecule has 0 aliphatic rings. The van der Waals surface area contributed by atoms with Gasteiger partial charge in [0.05, 0.1) is 12.7 Å². The van der Waals surface area contributed by atoms with Crippen LogP contribution in [-0.2, 0) is 0 Å². The molecule has 0 aromatic rings. The van der Waals surface area contributed by atoms with E-state index in [-0.39, 0.29) is 17.4 Å². The van der Waals surface area contributed by atoms with Gasteiger partial charge in [0.2, 0.25) is 0 Å². The van der Waals surface area contributed by atoms with Gasteiger partial charge in [-0.3, -0.25) is 0 Å². The SMILES string of the molecule is CCCCCCCCC(CCCCCCCC)(C(O)CO)C(C)(C)C. The van der Waals surface area contributed by atoms with E-state index in [0.717, 1.165) is 12.8 Å². The highest BCUT2D eigenvalue weighted by atomic mass is 16.3. The molecular weight excluding hydrogens is 308 g/mol. The number of rotatable bonds is 16. The van der Waals surface area contributed by atoms with Gasteiger partial charge in [-0.15, -0.1) is 0 Å². The van der Waals surface area contributed by atoms with Crippen LogP contribution in [0.2, 0.25) is 0 Å². The molecule has 0 aliphatic heterocycles. The van der Waals surface area contributed by atoms with E-state index >= 15 is 0 Å². The summed E-state index contributed by atoms with van der Waals surface area (Å²) in [7, 11) is 0. The zero-order chi connectivity index (χ0) is 19.2. The minimum absolute atomic E-state index is 0.0159. The van der Waals surface area contributed by atoms with Crippen molar-refractivity contribution in [3.05, 3.63) is 0 Å². The summed E-state index contributed by atoms with van der Waals surface area (Å²) in [6.07, 6.45) is 16.9. The van der Waals surface area contributed by atoms with Crippen LogP contribution in [0.15, 0.2) is 0 Å². The maximum absolute atomic E-state index is 10.7. The number of hydrogen-bond donors (Lipinski definition) is 2. The van der Waals surface area contributed by atoms with E-state index in [1.165, 1.54) is 77.0 Å². The standard InChI is InChI=1S/C23H48O2/c1-6-8-10-12-14-16-18-23(21(25)20-24,22(3,4)5)19-17-15-13-11-9-7-2/h21,24-25H,6-20H2,1-5H3. The van der Waals surface area contributed by atoms with Crippen LogP contribution in [0.25, 0.3) is 0 Å². The summed E-state index contributed by atoms with van der Waals surface area (Å²) >= 11 is 0. The van der Waals surface area contributed by atoms with Gasteiger partial charge in [-0.2, -0.15) is 0 Å². The number of aliphatic hydroxyl groups excluding tert-OH is 2. The summed E-state index contributed by atoms with van der Waals surface area (Å²) in [6, 6.07) is 0. The molecule has 0 rings (SSSR count). The molecule has 0 aromatic carbocycles. The van der Waals surface area contributed by atoms with E-state index < -0.39 is 6.10 Å². The highest BCUT2D eigenvalue weighted by Gasteiger charge is 2.46. The van der Waals surface area contributed by atoms with E-state index in [4.69, 9.17) is 0 Å². The molecule has 2 N–H and O–H groups in total. The molecule has 1 unspecified atom stereocenters. The Morgan fingerprint density at radius 1 is 0.640 bits per heavy atom. The Balaban J connectivity index is 4.66. The first-order valence-electron chi connectivity index (χ1n) is 11.1. The van der Waals surface area contributed by atoms with E-state index in [0.29, 0.717) is 0 Å². The summed E-state index contributed by atoms with van der Waals surface area (Å²) in [6.45, 7) is 11.1. The van der Waals surface area contributed by atoms with Crippen molar-refractivity contribution in [2.45, 2.75) is 131 Å². The minimum Gasteiger partial charge on any atom is -0.394 e. The average molecular weight is 357 g/mol. The van der Waals surface area contributed by atoms with Crippen LogP contribution in [0, 0.1) is 10.8 Å². The van der Waals surface area contributed by atoms with Gasteiger partial charge in [0.25, 0.3) is 0 Å². The molecule has 0 saturated heterocycles. The molecule has 152 valence electrons. The zero-order valence-corrected chi connectivity index (χ0v) is 18.1. The summed E-state index contributed by atoms with van der Waals surface area (Å²) in [4.78, 5) is 0. The number of hydrogen-bond acceptors (Lipinski definition) is 2.